The second kappa shape index (κ2) is 16.4. The highest BCUT2D eigenvalue weighted by Gasteiger charge is 2.34. The van der Waals surface area contributed by atoms with Gasteiger partial charge in [-0.25, -0.2) is 0 Å². The van der Waals surface area contributed by atoms with Gasteiger partial charge in [0.15, 0.2) is 0 Å². The Kier molecular flexibility index (Phi) is 13.4. The van der Waals surface area contributed by atoms with Gasteiger partial charge in [0.1, 0.15) is 5.75 Å². The minimum atomic E-state index is -0.720. The van der Waals surface area contributed by atoms with Gasteiger partial charge in [0.25, 0.3) is 0 Å². The van der Waals surface area contributed by atoms with E-state index >= 15 is 0 Å². The molecule has 2 aromatic rings. The number of benzene rings is 1. The number of nitrogens with one attached hydrogen (secondary N) is 1. The summed E-state index contributed by atoms with van der Waals surface area (Å²) in [5.74, 6) is -0.000143. The van der Waals surface area contributed by atoms with Crippen molar-refractivity contribution in [2.75, 3.05) is 45.6 Å². The minimum Gasteiger partial charge on any atom is -0.497 e. The van der Waals surface area contributed by atoms with Gasteiger partial charge in [0.05, 0.1) is 30.6 Å². The standard InChI is InChI=1S/C26H38N2O4S.C6H11NO2/c1-26(2,3)33-15-5-13-28-14-11-18(22(17-28)25(30)31)6-9-24(29)20-10-12-27-23-8-7-19(32-4)16-21(20)23;8-6(9)5-2-1-3-7-4-5/h7-8,10,12,16,18,22,24,29H,5-6,9,11,13-15,17H2,1-4H3,(H,30,31);5,7H,1-4H2,(H,8,9)/t18-,22+,24?;/m1./s1. The largest absolute Gasteiger partial charge is 0.497 e. The Bertz CT molecular complexity index is 1150. The Morgan fingerprint density at radius 2 is 1.98 bits per heavy atom. The van der Waals surface area contributed by atoms with Crippen LogP contribution in [-0.2, 0) is 9.59 Å². The highest BCUT2D eigenvalue weighted by molar-refractivity contribution is 8.00. The van der Waals surface area contributed by atoms with Crippen LogP contribution in [0, 0.1) is 17.8 Å². The minimum absolute atomic E-state index is 0.0833. The lowest BCUT2D eigenvalue weighted by Gasteiger charge is -2.37. The summed E-state index contributed by atoms with van der Waals surface area (Å²) in [5, 5.41) is 33.3. The first-order chi connectivity index (χ1) is 20.0. The predicted molar refractivity (Wildman–Crippen MR) is 168 cm³/mol. The molecule has 2 fully saturated rings. The first-order valence-electron chi connectivity index (χ1n) is 15.1. The van der Waals surface area contributed by atoms with Gasteiger partial charge in [-0.15, -0.1) is 0 Å². The summed E-state index contributed by atoms with van der Waals surface area (Å²) in [5.41, 5.74) is 1.63. The van der Waals surface area contributed by atoms with Crippen LogP contribution in [0.15, 0.2) is 30.5 Å². The summed E-state index contributed by atoms with van der Waals surface area (Å²) in [6, 6.07) is 7.50. The zero-order chi connectivity index (χ0) is 30.7. The Balaban J connectivity index is 0.000000458. The van der Waals surface area contributed by atoms with E-state index in [0.29, 0.717) is 25.9 Å². The molecule has 0 radical (unpaired) electrons. The number of carboxylic acid groups (broad SMARTS) is 2. The summed E-state index contributed by atoms with van der Waals surface area (Å²) in [6.45, 7) is 10.8. The van der Waals surface area contributed by atoms with E-state index < -0.39 is 18.0 Å². The van der Waals surface area contributed by atoms with E-state index in [9.17, 15) is 19.8 Å². The second-order valence-corrected chi connectivity index (χ2v) is 14.3. The quantitative estimate of drug-likeness (QED) is 0.258. The summed E-state index contributed by atoms with van der Waals surface area (Å²) in [7, 11) is 1.62. The molecule has 4 rings (SSSR count). The lowest BCUT2D eigenvalue weighted by molar-refractivity contribution is -0.146. The van der Waals surface area contributed by atoms with Gasteiger partial charge in [-0.2, -0.15) is 11.8 Å². The Hall–Kier alpha value is -2.40. The maximum atomic E-state index is 12.0. The van der Waals surface area contributed by atoms with Gasteiger partial charge < -0.3 is 30.3 Å². The molecular formula is C32H49N3O6S. The molecule has 1 aromatic heterocycles. The number of aliphatic hydroxyl groups is 1. The topological polar surface area (TPSA) is 132 Å². The van der Waals surface area contributed by atoms with Crippen molar-refractivity contribution in [2.24, 2.45) is 17.8 Å². The number of aromatic nitrogens is 1. The predicted octanol–water partition coefficient (Wildman–Crippen LogP) is 5.07. The molecule has 3 heterocycles. The highest BCUT2D eigenvalue weighted by atomic mass is 32.2. The van der Waals surface area contributed by atoms with Gasteiger partial charge >= 0.3 is 11.9 Å². The molecule has 10 heteroatoms. The van der Waals surface area contributed by atoms with Crippen LogP contribution in [0.3, 0.4) is 0 Å². The third kappa shape index (κ3) is 10.7. The Labute approximate surface area is 254 Å². The Morgan fingerprint density at radius 1 is 1.19 bits per heavy atom. The van der Waals surface area contributed by atoms with Crippen molar-refractivity contribution in [3.63, 3.8) is 0 Å². The van der Waals surface area contributed by atoms with Crippen LogP contribution in [0.25, 0.3) is 10.9 Å². The normalized spacial score (nSPS) is 22.2. The number of thioether (sulfide) groups is 1. The monoisotopic (exact) mass is 603 g/mol. The number of carbonyl (C=O) groups is 2. The number of rotatable bonds is 11. The number of pyridine rings is 1. The summed E-state index contributed by atoms with van der Waals surface area (Å²) in [4.78, 5) is 29.0. The van der Waals surface area contributed by atoms with Crippen molar-refractivity contribution >= 4 is 34.6 Å². The molecule has 4 N–H and O–H groups in total. The van der Waals surface area contributed by atoms with Gasteiger partial charge in [0.2, 0.25) is 0 Å². The third-order valence-electron chi connectivity index (χ3n) is 8.11. The van der Waals surface area contributed by atoms with Gasteiger partial charge in [-0.05, 0) is 99.7 Å². The molecule has 0 bridgehead atoms. The van der Waals surface area contributed by atoms with Crippen LogP contribution in [0.1, 0.15) is 71.0 Å². The molecule has 2 saturated heterocycles. The first-order valence-corrected chi connectivity index (χ1v) is 16.1. The molecule has 0 aliphatic carbocycles. The fraction of sp³-hybridized carbons (Fsp3) is 0.656. The molecule has 42 heavy (non-hydrogen) atoms. The smallest absolute Gasteiger partial charge is 0.308 e. The second-order valence-electron chi connectivity index (χ2n) is 12.4. The van der Waals surface area contributed by atoms with E-state index in [1.165, 1.54) is 0 Å². The van der Waals surface area contributed by atoms with Crippen molar-refractivity contribution < 1.29 is 29.6 Å². The van der Waals surface area contributed by atoms with Crippen LogP contribution in [0.4, 0.5) is 0 Å². The van der Waals surface area contributed by atoms with Crippen LogP contribution in [0.5, 0.6) is 5.75 Å². The van der Waals surface area contributed by atoms with Gasteiger partial charge in [-0.1, -0.05) is 20.8 Å². The summed E-state index contributed by atoms with van der Waals surface area (Å²) in [6.07, 6.45) is 6.05. The maximum absolute atomic E-state index is 12.0. The lowest BCUT2D eigenvalue weighted by atomic mass is 9.81. The molecule has 9 nitrogen and oxygen atoms in total. The lowest BCUT2D eigenvalue weighted by Crippen LogP contribution is -2.44. The average Bonchev–Trinajstić information content (AvgIpc) is 2.98. The third-order valence-corrected chi connectivity index (χ3v) is 9.47. The fourth-order valence-corrected chi connectivity index (χ4v) is 6.60. The fourth-order valence-electron chi connectivity index (χ4n) is 5.72. The van der Waals surface area contributed by atoms with Crippen LogP contribution in [-0.4, -0.2) is 87.5 Å². The number of likely N-dealkylation sites (tertiary alicyclic amines) is 1. The van der Waals surface area contributed by atoms with Crippen molar-refractivity contribution in [1.29, 1.82) is 0 Å². The van der Waals surface area contributed by atoms with Crippen molar-refractivity contribution in [2.45, 2.75) is 70.1 Å². The van der Waals surface area contributed by atoms with E-state index in [-0.39, 0.29) is 22.5 Å². The number of fused-ring (bicyclic) bond motifs is 1. The number of carboxylic acids is 2. The van der Waals surface area contributed by atoms with Crippen LogP contribution in [0.2, 0.25) is 0 Å². The van der Waals surface area contributed by atoms with Gasteiger partial charge in [0, 0.05) is 29.4 Å². The number of piperidine rings is 2. The van der Waals surface area contributed by atoms with E-state index in [0.717, 1.165) is 73.3 Å². The molecular weight excluding hydrogens is 554 g/mol. The number of aliphatic carboxylic acids is 2. The molecule has 234 valence electrons. The average molecular weight is 604 g/mol. The number of ether oxygens (including phenoxy) is 1. The van der Waals surface area contributed by atoms with Crippen molar-refractivity contribution in [1.82, 2.24) is 15.2 Å². The number of aliphatic hydroxyl groups excluding tert-OH is 1. The van der Waals surface area contributed by atoms with E-state index in [2.05, 4.69) is 36.0 Å². The zero-order valence-electron chi connectivity index (χ0n) is 25.6. The van der Waals surface area contributed by atoms with E-state index in [1.54, 1.807) is 13.3 Å². The first kappa shape index (κ1) is 34.1. The SMILES string of the molecule is COc1ccc2nccc(C(O)CC[C@@H]3CCN(CCCSC(C)(C)C)C[C@@H]3C(=O)O)c2c1.O=C(O)C1CCCNC1. The molecule has 1 aromatic carbocycles. The molecule has 2 unspecified atom stereocenters. The zero-order valence-corrected chi connectivity index (χ0v) is 26.4. The summed E-state index contributed by atoms with van der Waals surface area (Å²) < 4.78 is 5.60. The van der Waals surface area contributed by atoms with E-state index in [1.807, 2.05) is 36.0 Å². The number of hydrogen-bond donors (Lipinski definition) is 4. The van der Waals surface area contributed by atoms with E-state index in [4.69, 9.17) is 9.84 Å². The highest BCUT2D eigenvalue weighted by Crippen LogP contribution is 2.34. The molecule has 0 saturated carbocycles. The van der Waals surface area contributed by atoms with Crippen LogP contribution < -0.4 is 10.1 Å². The Morgan fingerprint density at radius 3 is 2.60 bits per heavy atom. The van der Waals surface area contributed by atoms with Crippen molar-refractivity contribution in [3.05, 3.63) is 36.0 Å². The van der Waals surface area contributed by atoms with Crippen LogP contribution >= 0.6 is 11.8 Å². The summed E-state index contributed by atoms with van der Waals surface area (Å²) >= 11 is 1.96. The van der Waals surface area contributed by atoms with Gasteiger partial charge in [-0.3, -0.25) is 14.6 Å². The molecule has 2 aliphatic rings. The molecule has 0 amide bonds. The molecule has 2 aliphatic heterocycles. The van der Waals surface area contributed by atoms with Crippen molar-refractivity contribution in [3.8, 4) is 5.75 Å². The number of hydrogen-bond acceptors (Lipinski definition) is 8. The number of nitrogens with zero attached hydrogens (tertiary/aromatic N) is 2. The number of methoxy groups -OCH3 is 1. The molecule has 0 spiro atoms. The molecule has 4 atom stereocenters. The maximum Gasteiger partial charge on any atom is 0.308 e.